The number of anilines is 1. The number of nitro benzene ring substituents is 1. The summed E-state index contributed by atoms with van der Waals surface area (Å²) in [6.07, 6.45) is 0. The lowest BCUT2D eigenvalue weighted by atomic mass is 10.1. The number of benzene rings is 3. The Morgan fingerprint density at radius 1 is 1.09 bits per heavy atom. The van der Waals surface area contributed by atoms with Crippen molar-refractivity contribution < 1.29 is 23.6 Å². The van der Waals surface area contributed by atoms with Crippen molar-refractivity contribution >= 4 is 28.4 Å². The third-order valence-electron chi connectivity index (χ3n) is 5.15. The lowest BCUT2D eigenvalue weighted by molar-refractivity contribution is -0.385. The first kappa shape index (κ1) is 21.8. The molecule has 0 saturated carbocycles. The van der Waals surface area contributed by atoms with Crippen LogP contribution < -0.4 is 14.8 Å². The van der Waals surface area contributed by atoms with E-state index in [9.17, 15) is 14.9 Å². The molecule has 9 nitrogen and oxygen atoms in total. The van der Waals surface area contributed by atoms with Crippen LogP contribution in [0.25, 0.3) is 22.6 Å². The summed E-state index contributed by atoms with van der Waals surface area (Å²) in [4.78, 5) is 27.6. The number of aryl methyl sites for hydroxylation is 2. The fourth-order valence-electron chi connectivity index (χ4n) is 3.30. The lowest BCUT2D eigenvalue weighted by Gasteiger charge is -2.12. The standard InChI is InChI=1S/C24H21N3O6/c1-14-10-17-22(11-15(14)2)33-24(26-17)16-8-9-20(31-3)18(12-16)25-23(28)13-32-21-7-5-4-6-19(21)27(29)30/h4-12H,13H2,1-3H3,(H,25,28). The largest absolute Gasteiger partial charge is 0.495 e. The van der Waals surface area contributed by atoms with Crippen LogP contribution in [0.2, 0.25) is 0 Å². The number of methoxy groups -OCH3 is 1. The maximum Gasteiger partial charge on any atom is 0.310 e. The van der Waals surface area contributed by atoms with Gasteiger partial charge in [0.25, 0.3) is 5.91 Å². The van der Waals surface area contributed by atoms with Gasteiger partial charge in [0.05, 0.1) is 17.7 Å². The van der Waals surface area contributed by atoms with Crippen LogP contribution in [0.5, 0.6) is 11.5 Å². The number of para-hydroxylation sites is 2. The summed E-state index contributed by atoms with van der Waals surface area (Å²) in [5.41, 5.74) is 4.46. The smallest absolute Gasteiger partial charge is 0.310 e. The topological polar surface area (TPSA) is 117 Å². The molecule has 4 aromatic rings. The molecule has 9 heteroatoms. The Morgan fingerprint density at radius 2 is 1.85 bits per heavy atom. The zero-order valence-corrected chi connectivity index (χ0v) is 18.2. The summed E-state index contributed by atoms with van der Waals surface area (Å²) in [5.74, 6) is 0.341. The monoisotopic (exact) mass is 447 g/mol. The van der Waals surface area contributed by atoms with Crippen molar-refractivity contribution in [2.75, 3.05) is 19.0 Å². The van der Waals surface area contributed by atoms with Crippen molar-refractivity contribution in [1.29, 1.82) is 0 Å². The van der Waals surface area contributed by atoms with Gasteiger partial charge in [-0.2, -0.15) is 0 Å². The van der Waals surface area contributed by atoms with Gasteiger partial charge in [0.15, 0.2) is 17.9 Å². The van der Waals surface area contributed by atoms with Crippen LogP contribution in [-0.2, 0) is 4.79 Å². The summed E-state index contributed by atoms with van der Waals surface area (Å²) in [6.45, 7) is 3.60. The number of hydrogen-bond acceptors (Lipinski definition) is 7. The van der Waals surface area contributed by atoms with Gasteiger partial charge in [-0.15, -0.1) is 0 Å². The first-order valence-corrected chi connectivity index (χ1v) is 10.1. The highest BCUT2D eigenvalue weighted by Crippen LogP contribution is 2.33. The van der Waals surface area contributed by atoms with Gasteiger partial charge in [0.2, 0.25) is 5.89 Å². The second-order valence-electron chi connectivity index (χ2n) is 7.40. The summed E-state index contributed by atoms with van der Waals surface area (Å²) in [5, 5.41) is 13.8. The number of carbonyl (C=O) groups is 1. The summed E-state index contributed by atoms with van der Waals surface area (Å²) >= 11 is 0. The lowest BCUT2D eigenvalue weighted by Crippen LogP contribution is -2.20. The van der Waals surface area contributed by atoms with E-state index in [4.69, 9.17) is 13.9 Å². The summed E-state index contributed by atoms with van der Waals surface area (Å²) in [7, 11) is 1.49. The van der Waals surface area contributed by atoms with Crippen molar-refractivity contribution in [2.24, 2.45) is 0 Å². The molecule has 1 heterocycles. The second kappa shape index (κ2) is 8.99. The SMILES string of the molecule is COc1ccc(-c2nc3cc(C)c(C)cc3o2)cc1NC(=O)COc1ccccc1[N+](=O)[O-]. The Bertz CT molecular complexity index is 1320. The molecule has 0 unspecified atom stereocenters. The minimum atomic E-state index is -0.566. The number of hydrogen-bond donors (Lipinski definition) is 1. The number of oxazole rings is 1. The van der Waals surface area contributed by atoms with Crippen molar-refractivity contribution in [3.8, 4) is 23.0 Å². The number of aromatic nitrogens is 1. The zero-order chi connectivity index (χ0) is 23.5. The second-order valence-corrected chi connectivity index (χ2v) is 7.40. The molecular formula is C24H21N3O6. The quantitative estimate of drug-likeness (QED) is 0.311. The Hall–Kier alpha value is -4.40. The van der Waals surface area contributed by atoms with Gasteiger partial charge in [0, 0.05) is 11.6 Å². The number of nitrogens with one attached hydrogen (secondary N) is 1. The van der Waals surface area contributed by atoms with Crippen molar-refractivity contribution in [1.82, 2.24) is 4.98 Å². The minimum Gasteiger partial charge on any atom is -0.495 e. The molecule has 0 aliphatic carbocycles. The summed E-state index contributed by atoms with van der Waals surface area (Å²) < 4.78 is 16.6. The molecule has 0 atom stereocenters. The molecule has 0 aliphatic heterocycles. The van der Waals surface area contributed by atoms with E-state index < -0.39 is 17.4 Å². The normalized spacial score (nSPS) is 10.8. The van der Waals surface area contributed by atoms with Gasteiger partial charge in [-0.25, -0.2) is 4.98 Å². The number of amides is 1. The van der Waals surface area contributed by atoms with Crippen LogP contribution in [0, 0.1) is 24.0 Å². The predicted octanol–water partition coefficient (Wildman–Crippen LogP) is 5.05. The van der Waals surface area contributed by atoms with Gasteiger partial charge in [-0.1, -0.05) is 12.1 Å². The highest BCUT2D eigenvalue weighted by molar-refractivity contribution is 5.94. The molecule has 33 heavy (non-hydrogen) atoms. The maximum atomic E-state index is 12.5. The van der Waals surface area contributed by atoms with E-state index in [0.29, 0.717) is 28.5 Å². The van der Waals surface area contributed by atoms with Crippen LogP contribution in [-0.4, -0.2) is 29.5 Å². The molecule has 1 aromatic heterocycles. The van der Waals surface area contributed by atoms with Crippen molar-refractivity contribution in [2.45, 2.75) is 13.8 Å². The van der Waals surface area contributed by atoms with E-state index in [-0.39, 0.29) is 11.4 Å². The van der Waals surface area contributed by atoms with E-state index in [1.165, 1.54) is 25.3 Å². The van der Waals surface area contributed by atoms with Crippen LogP contribution in [0.3, 0.4) is 0 Å². The third-order valence-corrected chi connectivity index (χ3v) is 5.15. The molecule has 0 saturated heterocycles. The maximum absolute atomic E-state index is 12.5. The Balaban J connectivity index is 1.55. The molecule has 0 spiro atoms. The van der Waals surface area contributed by atoms with Gasteiger partial charge < -0.3 is 19.2 Å². The van der Waals surface area contributed by atoms with Gasteiger partial charge >= 0.3 is 5.69 Å². The zero-order valence-electron chi connectivity index (χ0n) is 18.2. The van der Waals surface area contributed by atoms with E-state index in [1.807, 2.05) is 26.0 Å². The fourth-order valence-corrected chi connectivity index (χ4v) is 3.30. The van der Waals surface area contributed by atoms with Crippen LogP contribution in [0.1, 0.15) is 11.1 Å². The number of nitrogens with zero attached hydrogens (tertiary/aromatic N) is 2. The van der Waals surface area contributed by atoms with Crippen LogP contribution in [0.15, 0.2) is 59.0 Å². The molecule has 1 N–H and O–H groups in total. The van der Waals surface area contributed by atoms with Crippen molar-refractivity contribution in [3.63, 3.8) is 0 Å². The Labute approximate surface area is 189 Å². The number of fused-ring (bicyclic) bond motifs is 1. The average Bonchev–Trinajstić information content (AvgIpc) is 3.20. The molecule has 0 fully saturated rings. The molecule has 168 valence electrons. The predicted molar refractivity (Wildman–Crippen MR) is 123 cm³/mol. The van der Waals surface area contributed by atoms with Crippen LogP contribution >= 0.6 is 0 Å². The third kappa shape index (κ3) is 4.62. The minimum absolute atomic E-state index is 0.00966. The number of carbonyl (C=O) groups excluding carboxylic acids is 1. The number of nitro groups is 1. The van der Waals surface area contributed by atoms with Gasteiger partial charge in [0.1, 0.15) is 11.3 Å². The number of ether oxygens (including phenoxy) is 2. The highest BCUT2D eigenvalue weighted by Gasteiger charge is 2.17. The molecular weight excluding hydrogens is 426 g/mol. The average molecular weight is 447 g/mol. The first-order chi connectivity index (χ1) is 15.9. The molecule has 3 aromatic carbocycles. The molecule has 0 aliphatic rings. The van der Waals surface area contributed by atoms with Crippen LogP contribution in [0.4, 0.5) is 11.4 Å². The molecule has 0 radical (unpaired) electrons. The van der Waals surface area contributed by atoms with E-state index in [2.05, 4.69) is 10.3 Å². The molecule has 1 amide bonds. The van der Waals surface area contributed by atoms with E-state index in [0.717, 1.165) is 16.6 Å². The summed E-state index contributed by atoms with van der Waals surface area (Å²) in [6, 6.07) is 14.9. The van der Waals surface area contributed by atoms with E-state index >= 15 is 0 Å². The Kier molecular flexibility index (Phi) is 5.95. The number of rotatable bonds is 7. The Morgan fingerprint density at radius 3 is 2.61 bits per heavy atom. The highest BCUT2D eigenvalue weighted by atomic mass is 16.6. The van der Waals surface area contributed by atoms with Gasteiger partial charge in [-0.3, -0.25) is 14.9 Å². The molecule has 0 bridgehead atoms. The fraction of sp³-hybridized carbons (Fsp3) is 0.167. The van der Waals surface area contributed by atoms with Gasteiger partial charge in [-0.05, 0) is 61.4 Å². The van der Waals surface area contributed by atoms with E-state index in [1.54, 1.807) is 24.3 Å². The first-order valence-electron chi connectivity index (χ1n) is 10.1. The van der Waals surface area contributed by atoms with Crippen molar-refractivity contribution in [3.05, 3.63) is 75.8 Å². The molecule has 4 rings (SSSR count).